The number of carbonyl (C=O) groups excluding carboxylic acids is 1. The van der Waals surface area contributed by atoms with Crippen LogP contribution >= 0.6 is 0 Å². The molecule has 1 fully saturated rings. The molecule has 0 radical (unpaired) electrons. The highest BCUT2D eigenvalue weighted by Crippen LogP contribution is 2.15. The summed E-state index contributed by atoms with van der Waals surface area (Å²) >= 11 is 0. The minimum Gasteiger partial charge on any atom is -0.378 e. The first-order chi connectivity index (χ1) is 8.53. The summed E-state index contributed by atoms with van der Waals surface area (Å²) in [6, 6.07) is 0.470. The predicted octanol–water partition coefficient (Wildman–Crippen LogP) is 0.341. The van der Waals surface area contributed by atoms with Gasteiger partial charge in [-0.25, -0.2) is 0 Å². The van der Waals surface area contributed by atoms with E-state index < -0.39 is 5.54 Å². The van der Waals surface area contributed by atoms with Gasteiger partial charge in [-0.05, 0) is 26.3 Å². The third kappa shape index (κ3) is 3.93. The van der Waals surface area contributed by atoms with Gasteiger partial charge >= 0.3 is 0 Å². The fourth-order valence-corrected chi connectivity index (χ4v) is 2.42. The number of primary amides is 1. The molecule has 2 unspecified atom stereocenters. The summed E-state index contributed by atoms with van der Waals surface area (Å²) in [5, 5.41) is 3.20. The third-order valence-corrected chi connectivity index (χ3v) is 3.83. The molecule has 0 aliphatic carbocycles. The molecule has 1 amide bonds. The van der Waals surface area contributed by atoms with Crippen LogP contribution in [0.1, 0.15) is 33.6 Å². The molecule has 5 nitrogen and oxygen atoms in total. The quantitative estimate of drug-likeness (QED) is 0.690. The number of morpholine rings is 1. The van der Waals surface area contributed by atoms with E-state index in [4.69, 9.17) is 10.5 Å². The lowest BCUT2D eigenvalue weighted by Crippen LogP contribution is -2.56. The van der Waals surface area contributed by atoms with Gasteiger partial charge in [-0.15, -0.1) is 0 Å². The summed E-state index contributed by atoms with van der Waals surface area (Å²) in [5.41, 5.74) is 4.89. The highest BCUT2D eigenvalue weighted by molar-refractivity contribution is 5.84. The van der Waals surface area contributed by atoms with E-state index in [0.29, 0.717) is 6.04 Å². The zero-order valence-electron chi connectivity index (χ0n) is 11.9. The van der Waals surface area contributed by atoms with Crippen molar-refractivity contribution >= 4 is 5.91 Å². The van der Waals surface area contributed by atoms with Crippen LogP contribution in [0.5, 0.6) is 0 Å². The van der Waals surface area contributed by atoms with E-state index in [1.165, 1.54) is 0 Å². The zero-order chi connectivity index (χ0) is 13.6. The maximum atomic E-state index is 11.6. The molecule has 1 heterocycles. The lowest BCUT2D eigenvalue weighted by Gasteiger charge is -2.37. The van der Waals surface area contributed by atoms with E-state index >= 15 is 0 Å². The van der Waals surface area contributed by atoms with Crippen molar-refractivity contribution in [2.45, 2.75) is 45.2 Å². The monoisotopic (exact) mass is 257 g/mol. The largest absolute Gasteiger partial charge is 0.378 e. The SMILES string of the molecule is CCNC(C)(CCN1CCOCC1CC)C(N)=O. The van der Waals surface area contributed by atoms with Gasteiger partial charge < -0.3 is 15.8 Å². The van der Waals surface area contributed by atoms with Crippen molar-refractivity contribution in [3.8, 4) is 0 Å². The predicted molar refractivity (Wildman–Crippen MR) is 72.4 cm³/mol. The van der Waals surface area contributed by atoms with Crippen LogP contribution in [-0.4, -0.2) is 55.2 Å². The van der Waals surface area contributed by atoms with Gasteiger partial charge in [0.1, 0.15) is 0 Å². The van der Waals surface area contributed by atoms with Crippen LogP contribution in [0.4, 0.5) is 0 Å². The Morgan fingerprint density at radius 2 is 2.28 bits per heavy atom. The van der Waals surface area contributed by atoms with Crippen molar-refractivity contribution in [3.05, 3.63) is 0 Å². The van der Waals surface area contributed by atoms with Crippen molar-refractivity contribution < 1.29 is 9.53 Å². The van der Waals surface area contributed by atoms with E-state index in [1.54, 1.807) is 0 Å². The molecule has 0 spiro atoms. The molecule has 1 aliphatic heterocycles. The summed E-state index contributed by atoms with van der Waals surface area (Å²) in [4.78, 5) is 14.0. The minimum atomic E-state index is -0.606. The van der Waals surface area contributed by atoms with Crippen molar-refractivity contribution in [2.24, 2.45) is 5.73 Å². The fourth-order valence-electron chi connectivity index (χ4n) is 2.42. The van der Waals surface area contributed by atoms with Crippen LogP contribution in [0.15, 0.2) is 0 Å². The number of nitrogens with one attached hydrogen (secondary N) is 1. The van der Waals surface area contributed by atoms with Crippen LogP contribution in [0.2, 0.25) is 0 Å². The lowest BCUT2D eigenvalue weighted by molar-refractivity contribution is -0.124. The Kier molecular flexibility index (Phi) is 6.05. The summed E-state index contributed by atoms with van der Waals surface area (Å²) in [6.07, 6.45) is 1.82. The first-order valence-corrected chi connectivity index (χ1v) is 6.90. The van der Waals surface area contributed by atoms with Gasteiger partial charge in [-0.2, -0.15) is 0 Å². The van der Waals surface area contributed by atoms with E-state index in [-0.39, 0.29) is 5.91 Å². The van der Waals surface area contributed by atoms with Crippen molar-refractivity contribution in [3.63, 3.8) is 0 Å². The topological polar surface area (TPSA) is 67.6 Å². The number of hydrogen-bond donors (Lipinski definition) is 2. The number of rotatable bonds is 7. The van der Waals surface area contributed by atoms with Crippen LogP contribution < -0.4 is 11.1 Å². The fraction of sp³-hybridized carbons (Fsp3) is 0.923. The molecule has 1 saturated heterocycles. The molecule has 3 N–H and O–H groups in total. The second-order valence-electron chi connectivity index (χ2n) is 5.15. The molecular weight excluding hydrogens is 230 g/mol. The molecule has 1 rings (SSSR count). The van der Waals surface area contributed by atoms with Gasteiger partial charge in [0.2, 0.25) is 5.91 Å². The highest BCUT2D eigenvalue weighted by Gasteiger charge is 2.31. The number of likely N-dealkylation sites (N-methyl/N-ethyl adjacent to an activating group) is 1. The molecule has 0 aromatic rings. The first-order valence-electron chi connectivity index (χ1n) is 6.90. The Morgan fingerprint density at radius 3 is 2.83 bits per heavy atom. The maximum absolute atomic E-state index is 11.6. The molecule has 0 aromatic heterocycles. The number of nitrogens with zero attached hydrogens (tertiary/aromatic N) is 1. The highest BCUT2D eigenvalue weighted by atomic mass is 16.5. The van der Waals surface area contributed by atoms with Gasteiger partial charge in [0.25, 0.3) is 0 Å². The number of ether oxygens (including phenoxy) is 1. The Bertz CT molecular complexity index is 273. The Hall–Kier alpha value is -0.650. The summed E-state index contributed by atoms with van der Waals surface area (Å²) in [5.74, 6) is -0.273. The Balaban J connectivity index is 2.52. The van der Waals surface area contributed by atoms with E-state index in [2.05, 4.69) is 17.1 Å². The number of nitrogens with two attached hydrogens (primary N) is 1. The molecule has 1 aliphatic rings. The van der Waals surface area contributed by atoms with Crippen LogP contribution in [0.25, 0.3) is 0 Å². The summed E-state index contributed by atoms with van der Waals surface area (Å²) in [7, 11) is 0. The van der Waals surface area contributed by atoms with E-state index in [9.17, 15) is 4.79 Å². The normalized spacial score (nSPS) is 24.7. The van der Waals surface area contributed by atoms with Gasteiger partial charge in [0, 0.05) is 19.1 Å². The number of carbonyl (C=O) groups is 1. The van der Waals surface area contributed by atoms with Gasteiger partial charge in [-0.1, -0.05) is 13.8 Å². The average Bonchev–Trinajstić information content (AvgIpc) is 2.37. The third-order valence-electron chi connectivity index (χ3n) is 3.83. The van der Waals surface area contributed by atoms with Crippen LogP contribution in [0.3, 0.4) is 0 Å². The van der Waals surface area contributed by atoms with E-state index in [1.807, 2.05) is 13.8 Å². The Morgan fingerprint density at radius 1 is 1.56 bits per heavy atom. The smallest absolute Gasteiger partial charge is 0.237 e. The molecule has 106 valence electrons. The maximum Gasteiger partial charge on any atom is 0.237 e. The summed E-state index contributed by atoms with van der Waals surface area (Å²) in [6.45, 7) is 10.2. The summed E-state index contributed by atoms with van der Waals surface area (Å²) < 4.78 is 5.48. The molecule has 5 heteroatoms. The lowest BCUT2D eigenvalue weighted by atomic mass is 9.96. The van der Waals surface area contributed by atoms with Crippen molar-refractivity contribution in [1.29, 1.82) is 0 Å². The second kappa shape index (κ2) is 7.07. The molecule has 18 heavy (non-hydrogen) atoms. The molecule has 2 atom stereocenters. The minimum absolute atomic E-state index is 0.273. The molecule has 0 saturated carbocycles. The second-order valence-corrected chi connectivity index (χ2v) is 5.15. The molecular formula is C13H27N3O2. The standard InChI is InChI=1S/C13H27N3O2/c1-4-11-10-18-9-8-16(11)7-6-13(3,12(14)17)15-5-2/h11,15H,4-10H2,1-3H3,(H2,14,17). The van der Waals surface area contributed by atoms with Crippen molar-refractivity contribution in [2.75, 3.05) is 32.8 Å². The van der Waals surface area contributed by atoms with Crippen LogP contribution in [-0.2, 0) is 9.53 Å². The Labute approximate surface area is 110 Å². The first kappa shape index (κ1) is 15.4. The molecule has 0 aromatic carbocycles. The zero-order valence-corrected chi connectivity index (χ0v) is 11.9. The molecule has 0 bridgehead atoms. The van der Waals surface area contributed by atoms with Crippen molar-refractivity contribution in [1.82, 2.24) is 10.2 Å². The van der Waals surface area contributed by atoms with Gasteiger partial charge in [0.15, 0.2) is 0 Å². The average molecular weight is 257 g/mol. The van der Waals surface area contributed by atoms with E-state index in [0.717, 1.165) is 45.7 Å². The number of hydrogen-bond acceptors (Lipinski definition) is 4. The van der Waals surface area contributed by atoms with Crippen LogP contribution in [0, 0.1) is 0 Å². The number of amides is 1. The van der Waals surface area contributed by atoms with Gasteiger partial charge in [-0.3, -0.25) is 9.69 Å². The van der Waals surface area contributed by atoms with Gasteiger partial charge in [0.05, 0.1) is 18.8 Å².